The Kier molecular flexibility index (Phi) is 3.44. The van der Waals surface area contributed by atoms with Gasteiger partial charge in [-0.05, 0) is 30.3 Å². The van der Waals surface area contributed by atoms with Crippen molar-refractivity contribution in [3.63, 3.8) is 0 Å². The minimum absolute atomic E-state index is 0.0544. The minimum Gasteiger partial charge on any atom is -0.399 e. The molecule has 0 saturated carbocycles. The molecule has 2 aromatic carbocycles. The standard InChI is InChI=1S/C12H9ClN4O2S2/c13-9-4-5-10-12(16-20-15-10)11(9)17-21(18,19)8-3-1-2-7(14)6-8/h1-6,17H,14H2. The van der Waals surface area contributed by atoms with Crippen molar-refractivity contribution in [2.45, 2.75) is 4.90 Å². The Morgan fingerprint density at radius 3 is 2.76 bits per heavy atom. The fourth-order valence-electron chi connectivity index (χ4n) is 1.80. The number of aromatic nitrogens is 2. The van der Waals surface area contributed by atoms with E-state index in [0.717, 1.165) is 11.7 Å². The molecule has 0 unspecified atom stereocenters. The number of nitrogens with zero attached hydrogens (tertiary/aromatic N) is 2. The average molecular weight is 341 g/mol. The van der Waals surface area contributed by atoms with Crippen molar-refractivity contribution in [1.82, 2.24) is 8.75 Å². The molecule has 0 amide bonds. The van der Waals surface area contributed by atoms with Gasteiger partial charge in [-0.1, -0.05) is 17.7 Å². The van der Waals surface area contributed by atoms with Gasteiger partial charge in [0.15, 0.2) is 0 Å². The highest BCUT2D eigenvalue weighted by Crippen LogP contribution is 2.31. The molecule has 3 rings (SSSR count). The predicted octanol–water partition coefficient (Wildman–Crippen LogP) is 2.73. The molecule has 0 aliphatic rings. The lowest BCUT2D eigenvalue weighted by Gasteiger charge is -2.10. The van der Waals surface area contributed by atoms with E-state index in [4.69, 9.17) is 17.3 Å². The summed E-state index contributed by atoms with van der Waals surface area (Å²) in [4.78, 5) is 0.0544. The van der Waals surface area contributed by atoms with E-state index < -0.39 is 10.0 Å². The third kappa shape index (κ3) is 2.65. The number of nitrogens with one attached hydrogen (secondary N) is 1. The first-order chi connectivity index (χ1) is 9.97. The molecular weight excluding hydrogens is 332 g/mol. The second-order valence-electron chi connectivity index (χ2n) is 4.23. The predicted molar refractivity (Wildman–Crippen MR) is 84.1 cm³/mol. The number of benzene rings is 2. The molecule has 108 valence electrons. The van der Waals surface area contributed by atoms with Crippen LogP contribution < -0.4 is 10.5 Å². The molecule has 0 fully saturated rings. The van der Waals surface area contributed by atoms with Crippen LogP contribution in [0.15, 0.2) is 41.3 Å². The second kappa shape index (κ2) is 5.14. The smallest absolute Gasteiger partial charge is 0.262 e. The summed E-state index contributed by atoms with van der Waals surface area (Å²) in [5.41, 5.74) is 7.18. The number of hydrogen-bond donors (Lipinski definition) is 2. The zero-order valence-corrected chi connectivity index (χ0v) is 12.8. The quantitative estimate of drug-likeness (QED) is 0.714. The van der Waals surface area contributed by atoms with Crippen molar-refractivity contribution in [2.75, 3.05) is 10.5 Å². The Hall–Kier alpha value is -1.90. The number of hydrogen-bond acceptors (Lipinski definition) is 6. The Morgan fingerprint density at radius 2 is 2.00 bits per heavy atom. The molecule has 9 heteroatoms. The normalized spacial score (nSPS) is 11.7. The van der Waals surface area contributed by atoms with Crippen molar-refractivity contribution in [3.05, 3.63) is 41.4 Å². The average Bonchev–Trinajstić information content (AvgIpc) is 2.91. The van der Waals surface area contributed by atoms with Gasteiger partial charge < -0.3 is 5.73 Å². The van der Waals surface area contributed by atoms with Gasteiger partial charge in [0.25, 0.3) is 10.0 Å². The van der Waals surface area contributed by atoms with Gasteiger partial charge in [0.2, 0.25) is 0 Å². The van der Waals surface area contributed by atoms with Crippen molar-refractivity contribution < 1.29 is 8.42 Å². The van der Waals surface area contributed by atoms with E-state index in [9.17, 15) is 8.42 Å². The summed E-state index contributed by atoms with van der Waals surface area (Å²) in [5.74, 6) is 0. The first-order valence-corrected chi connectivity index (χ1v) is 8.36. The van der Waals surface area contributed by atoms with Gasteiger partial charge in [-0.15, -0.1) is 0 Å². The van der Waals surface area contributed by atoms with Crippen LogP contribution in [0.2, 0.25) is 5.02 Å². The number of anilines is 2. The molecule has 0 radical (unpaired) electrons. The molecule has 1 aromatic heterocycles. The van der Waals surface area contributed by atoms with Gasteiger partial charge in [0.05, 0.1) is 27.3 Å². The fourth-order valence-corrected chi connectivity index (χ4v) is 3.74. The Labute approximate surface area is 129 Å². The molecule has 0 saturated heterocycles. The van der Waals surface area contributed by atoms with E-state index in [0.29, 0.717) is 16.7 Å². The Morgan fingerprint density at radius 1 is 1.19 bits per heavy atom. The van der Waals surface area contributed by atoms with E-state index in [1.807, 2.05) is 0 Å². The highest BCUT2D eigenvalue weighted by Gasteiger charge is 2.19. The summed E-state index contributed by atoms with van der Waals surface area (Å²) in [5, 5.41) is 0.252. The maximum Gasteiger partial charge on any atom is 0.262 e. The highest BCUT2D eigenvalue weighted by atomic mass is 35.5. The molecular formula is C12H9ClN4O2S2. The lowest BCUT2D eigenvalue weighted by Crippen LogP contribution is -2.13. The van der Waals surface area contributed by atoms with Crippen molar-refractivity contribution >= 4 is 55.8 Å². The van der Waals surface area contributed by atoms with Gasteiger partial charge in [0.1, 0.15) is 11.0 Å². The highest BCUT2D eigenvalue weighted by molar-refractivity contribution is 7.92. The summed E-state index contributed by atoms with van der Waals surface area (Å²) in [7, 11) is -3.81. The van der Waals surface area contributed by atoms with Crippen LogP contribution >= 0.6 is 23.3 Å². The van der Waals surface area contributed by atoms with Crippen molar-refractivity contribution in [2.24, 2.45) is 0 Å². The molecule has 0 aliphatic carbocycles. The monoisotopic (exact) mass is 340 g/mol. The summed E-state index contributed by atoms with van der Waals surface area (Å²) in [6.45, 7) is 0. The van der Waals surface area contributed by atoms with Gasteiger partial charge in [0, 0.05) is 5.69 Å². The molecule has 0 aliphatic heterocycles. The number of nitrogen functional groups attached to an aromatic ring is 1. The zero-order valence-electron chi connectivity index (χ0n) is 10.4. The summed E-state index contributed by atoms with van der Waals surface area (Å²) < 4.78 is 35.4. The van der Waals surface area contributed by atoms with Crippen LogP contribution in [-0.2, 0) is 10.0 Å². The maximum absolute atomic E-state index is 12.4. The lowest BCUT2D eigenvalue weighted by atomic mass is 10.3. The molecule has 6 nitrogen and oxygen atoms in total. The van der Waals surface area contributed by atoms with E-state index in [-0.39, 0.29) is 15.6 Å². The van der Waals surface area contributed by atoms with Crippen LogP contribution in [0.3, 0.4) is 0 Å². The molecule has 3 N–H and O–H groups in total. The molecule has 1 heterocycles. The molecule has 0 bridgehead atoms. The maximum atomic E-state index is 12.4. The number of fused-ring (bicyclic) bond motifs is 1. The largest absolute Gasteiger partial charge is 0.399 e. The zero-order chi connectivity index (χ0) is 15.0. The summed E-state index contributed by atoms with van der Waals surface area (Å²) in [6.07, 6.45) is 0. The Balaban J connectivity index is 2.09. The molecule has 0 spiro atoms. The SMILES string of the molecule is Nc1cccc(S(=O)(=O)Nc2c(Cl)ccc3nsnc23)c1. The fraction of sp³-hybridized carbons (Fsp3) is 0. The van der Waals surface area contributed by atoms with Crippen molar-refractivity contribution in [1.29, 1.82) is 0 Å². The summed E-state index contributed by atoms with van der Waals surface area (Å²) in [6, 6.07) is 9.25. The summed E-state index contributed by atoms with van der Waals surface area (Å²) >= 11 is 7.06. The molecule has 21 heavy (non-hydrogen) atoms. The van der Waals surface area contributed by atoms with Crippen LogP contribution in [0.25, 0.3) is 11.0 Å². The lowest BCUT2D eigenvalue weighted by molar-refractivity contribution is 0.601. The molecule has 0 atom stereocenters. The van der Waals surface area contributed by atoms with Crippen LogP contribution in [-0.4, -0.2) is 17.2 Å². The Bertz CT molecular complexity index is 924. The number of rotatable bonds is 3. The minimum atomic E-state index is -3.81. The van der Waals surface area contributed by atoms with Crippen LogP contribution in [0.1, 0.15) is 0 Å². The molecule has 3 aromatic rings. The van der Waals surface area contributed by atoms with Crippen LogP contribution in [0.4, 0.5) is 11.4 Å². The van der Waals surface area contributed by atoms with Gasteiger partial charge in [-0.3, -0.25) is 4.72 Å². The third-order valence-electron chi connectivity index (χ3n) is 2.78. The van der Waals surface area contributed by atoms with Crippen molar-refractivity contribution in [3.8, 4) is 0 Å². The van der Waals surface area contributed by atoms with E-state index in [1.165, 1.54) is 12.1 Å². The van der Waals surface area contributed by atoms with E-state index in [1.54, 1.807) is 24.3 Å². The van der Waals surface area contributed by atoms with E-state index in [2.05, 4.69) is 13.5 Å². The first-order valence-electron chi connectivity index (χ1n) is 5.76. The first kappa shape index (κ1) is 14.1. The third-order valence-corrected chi connectivity index (χ3v) is 4.99. The number of sulfonamides is 1. The topological polar surface area (TPSA) is 98.0 Å². The van der Waals surface area contributed by atoms with E-state index >= 15 is 0 Å². The van der Waals surface area contributed by atoms with Crippen LogP contribution in [0, 0.1) is 0 Å². The van der Waals surface area contributed by atoms with Gasteiger partial charge >= 0.3 is 0 Å². The van der Waals surface area contributed by atoms with Gasteiger partial charge in [-0.25, -0.2) is 8.42 Å². The number of halogens is 1. The van der Waals surface area contributed by atoms with Gasteiger partial charge in [-0.2, -0.15) is 8.75 Å². The second-order valence-corrected chi connectivity index (χ2v) is 6.85. The number of nitrogens with two attached hydrogens (primary N) is 1. The van der Waals surface area contributed by atoms with Crippen LogP contribution in [0.5, 0.6) is 0 Å².